The van der Waals surface area contributed by atoms with Crippen LogP contribution in [0.1, 0.15) is 63.4 Å². The molecule has 1 spiro atoms. The molecule has 4 rings (SSSR count). The highest BCUT2D eigenvalue weighted by Crippen LogP contribution is 2.46. The maximum Gasteiger partial charge on any atom is 0.268 e. The van der Waals surface area contributed by atoms with Crippen LogP contribution >= 0.6 is 11.6 Å². The van der Waals surface area contributed by atoms with Gasteiger partial charge in [0.1, 0.15) is 23.5 Å². The number of methoxy groups -OCH3 is 1. The third kappa shape index (κ3) is 5.76. The number of ether oxygens (including phenoxy) is 1. The van der Waals surface area contributed by atoms with Crippen LogP contribution in [0.4, 0.5) is 0 Å². The van der Waals surface area contributed by atoms with Crippen LogP contribution in [0.3, 0.4) is 0 Å². The molecule has 2 fully saturated rings. The van der Waals surface area contributed by atoms with Crippen LogP contribution in [0.5, 0.6) is 5.75 Å². The van der Waals surface area contributed by atoms with Crippen molar-refractivity contribution >= 4 is 40.2 Å². The van der Waals surface area contributed by atoms with E-state index >= 15 is 0 Å². The van der Waals surface area contributed by atoms with Crippen molar-refractivity contribution in [3.05, 3.63) is 28.9 Å². The van der Waals surface area contributed by atoms with Crippen LogP contribution in [0.25, 0.3) is 10.9 Å². The van der Waals surface area contributed by atoms with E-state index in [1.165, 1.54) is 7.11 Å². The first kappa shape index (κ1) is 25.8. The SMILES string of the molecule is COc1cc(Cl)cc2[nH]c(C(=O)N[C@@H](CC(C)(C)C)C(=O)N[C@H](C#N)C[C@@H]3CC4(CC4)NC3=O)cc12. The number of aromatic amines is 1. The Labute approximate surface area is 215 Å². The van der Waals surface area contributed by atoms with Gasteiger partial charge in [0.25, 0.3) is 5.91 Å². The van der Waals surface area contributed by atoms with Crippen LogP contribution in [-0.2, 0) is 9.59 Å². The van der Waals surface area contributed by atoms with Crippen molar-refractivity contribution < 1.29 is 19.1 Å². The van der Waals surface area contributed by atoms with Crippen molar-refractivity contribution in [1.29, 1.82) is 5.26 Å². The van der Waals surface area contributed by atoms with Gasteiger partial charge in [0.15, 0.2) is 0 Å². The van der Waals surface area contributed by atoms with Gasteiger partial charge in [-0.3, -0.25) is 14.4 Å². The van der Waals surface area contributed by atoms with Crippen molar-refractivity contribution in [2.24, 2.45) is 11.3 Å². The number of carbonyl (C=O) groups is 3. The predicted molar refractivity (Wildman–Crippen MR) is 136 cm³/mol. The molecule has 1 saturated carbocycles. The Bertz CT molecular complexity index is 1240. The topological polar surface area (TPSA) is 136 Å². The monoisotopic (exact) mass is 513 g/mol. The number of nitriles is 1. The number of amides is 3. The lowest BCUT2D eigenvalue weighted by Gasteiger charge is -2.27. The second-order valence-corrected chi connectivity index (χ2v) is 11.6. The van der Waals surface area contributed by atoms with Crippen molar-refractivity contribution in [2.45, 2.75) is 70.5 Å². The van der Waals surface area contributed by atoms with Gasteiger partial charge in [0.05, 0.1) is 18.7 Å². The summed E-state index contributed by atoms with van der Waals surface area (Å²) in [4.78, 5) is 41.7. The molecule has 0 bridgehead atoms. The van der Waals surface area contributed by atoms with Crippen LogP contribution in [-0.4, -0.2) is 47.4 Å². The summed E-state index contributed by atoms with van der Waals surface area (Å²) in [6.45, 7) is 5.90. The first-order valence-corrected chi connectivity index (χ1v) is 12.5. The number of nitrogens with zero attached hydrogens (tertiary/aromatic N) is 1. The maximum absolute atomic E-state index is 13.2. The fraction of sp³-hybridized carbons (Fsp3) is 0.538. The molecule has 10 heteroatoms. The van der Waals surface area contributed by atoms with Crippen LogP contribution in [0, 0.1) is 22.7 Å². The van der Waals surface area contributed by atoms with Gasteiger partial charge in [-0.2, -0.15) is 5.26 Å². The van der Waals surface area contributed by atoms with Crippen molar-refractivity contribution in [3.63, 3.8) is 0 Å². The molecule has 2 heterocycles. The zero-order chi connectivity index (χ0) is 26.3. The average Bonchev–Trinajstić information content (AvgIpc) is 3.27. The molecule has 1 aliphatic heterocycles. The Kier molecular flexibility index (Phi) is 6.93. The number of nitrogens with one attached hydrogen (secondary N) is 4. The molecule has 2 aliphatic rings. The summed E-state index contributed by atoms with van der Waals surface area (Å²) in [7, 11) is 1.52. The molecule has 192 valence electrons. The van der Waals surface area contributed by atoms with Gasteiger partial charge >= 0.3 is 0 Å². The normalized spacial score (nSPS) is 19.9. The quantitative estimate of drug-likeness (QED) is 0.428. The third-order valence-electron chi connectivity index (χ3n) is 6.81. The van der Waals surface area contributed by atoms with Crippen LogP contribution in [0.2, 0.25) is 5.02 Å². The maximum atomic E-state index is 13.2. The Hall–Kier alpha value is -3.25. The van der Waals surface area contributed by atoms with E-state index < -0.39 is 23.9 Å². The Morgan fingerprint density at radius 1 is 1.28 bits per heavy atom. The van der Waals surface area contributed by atoms with Crippen molar-refractivity contribution in [2.75, 3.05) is 7.11 Å². The van der Waals surface area contributed by atoms with Crippen LogP contribution < -0.4 is 20.7 Å². The first-order chi connectivity index (χ1) is 16.9. The fourth-order valence-electron chi connectivity index (χ4n) is 4.87. The zero-order valence-electron chi connectivity index (χ0n) is 21.0. The van der Waals surface area contributed by atoms with Gasteiger partial charge in [-0.15, -0.1) is 0 Å². The van der Waals surface area contributed by atoms with Crippen LogP contribution in [0.15, 0.2) is 18.2 Å². The van der Waals surface area contributed by atoms with Gasteiger partial charge in [-0.1, -0.05) is 32.4 Å². The van der Waals surface area contributed by atoms with E-state index in [1.54, 1.807) is 18.2 Å². The third-order valence-corrected chi connectivity index (χ3v) is 7.03. The van der Waals surface area contributed by atoms with E-state index in [-0.39, 0.29) is 34.9 Å². The molecule has 1 saturated heterocycles. The second-order valence-electron chi connectivity index (χ2n) is 11.1. The minimum Gasteiger partial charge on any atom is -0.496 e. The minimum absolute atomic E-state index is 0.0594. The summed E-state index contributed by atoms with van der Waals surface area (Å²) in [5.41, 5.74) is 0.514. The summed E-state index contributed by atoms with van der Waals surface area (Å²) in [5.74, 6) is -0.760. The summed E-state index contributed by atoms with van der Waals surface area (Å²) in [6, 6.07) is 5.40. The second kappa shape index (κ2) is 9.66. The zero-order valence-corrected chi connectivity index (χ0v) is 21.7. The lowest BCUT2D eigenvalue weighted by molar-refractivity contribution is -0.125. The molecule has 36 heavy (non-hydrogen) atoms. The molecule has 1 aliphatic carbocycles. The van der Waals surface area contributed by atoms with E-state index in [2.05, 4.69) is 27.0 Å². The highest BCUT2D eigenvalue weighted by atomic mass is 35.5. The molecule has 3 atom stereocenters. The average molecular weight is 514 g/mol. The number of rotatable bonds is 8. The molecule has 9 nitrogen and oxygen atoms in total. The summed E-state index contributed by atoms with van der Waals surface area (Å²) in [5, 5.41) is 19.4. The van der Waals surface area contributed by atoms with Gasteiger partial charge in [0.2, 0.25) is 11.8 Å². The van der Waals surface area contributed by atoms with E-state index in [0.29, 0.717) is 34.5 Å². The number of H-pyrrole nitrogens is 1. The number of carbonyl (C=O) groups excluding carboxylic acids is 3. The number of aromatic nitrogens is 1. The predicted octanol–water partition coefficient (Wildman–Crippen LogP) is 3.43. The lowest BCUT2D eigenvalue weighted by atomic mass is 9.87. The molecule has 0 radical (unpaired) electrons. The lowest BCUT2D eigenvalue weighted by Crippen LogP contribution is -2.51. The summed E-state index contributed by atoms with van der Waals surface area (Å²) >= 11 is 6.14. The van der Waals surface area contributed by atoms with Gasteiger partial charge in [-0.25, -0.2) is 0 Å². The Morgan fingerprint density at radius 2 is 2.00 bits per heavy atom. The van der Waals surface area contributed by atoms with E-state index in [9.17, 15) is 19.6 Å². The number of hydrogen-bond acceptors (Lipinski definition) is 5. The van der Waals surface area contributed by atoms with Gasteiger partial charge < -0.3 is 25.7 Å². The smallest absolute Gasteiger partial charge is 0.268 e. The summed E-state index contributed by atoms with van der Waals surface area (Å²) in [6.07, 6.45) is 3.21. The number of fused-ring (bicyclic) bond motifs is 1. The standard InChI is InChI=1S/C26H32ClN5O4/c1-25(2,3)12-20(24(35)29-16(13-28)7-14-11-26(5-6-26)32-22(14)33)31-23(34)19-10-17-18(30-19)8-15(27)9-21(17)36-4/h8-10,14,16,20,30H,5-7,11-12H2,1-4H3,(H,29,35)(H,31,34)(H,32,33)/t14-,16+,20+/m1/s1. The molecular formula is C26H32ClN5O4. The minimum atomic E-state index is -0.877. The molecule has 1 aromatic heterocycles. The van der Waals surface area contributed by atoms with Crippen molar-refractivity contribution in [1.82, 2.24) is 20.9 Å². The number of hydrogen-bond donors (Lipinski definition) is 4. The fourth-order valence-corrected chi connectivity index (χ4v) is 5.08. The molecule has 4 N–H and O–H groups in total. The Balaban J connectivity index is 1.47. The van der Waals surface area contributed by atoms with E-state index in [0.717, 1.165) is 12.8 Å². The van der Waals surface area contributed by atoms with E-state index in [4.69, 9.17) is 16.3 Å². The molecular weight excluding hydrogens is 482 g/mol. The molecule has 0 unspecified atom stereocenters. The number of benzene rings is 1. The number of halogens is 1. The van der Waals surface area contributed by atoms with Crippen molar-refractivity contribution in [3.8, 4) is 11.8 Å². The molecule has 1 aromatic carbocycles. The largest absolute Gasteiger partial charge is 0.496 e. The summed E-state index contributed by atoms with van der Waals surface area (Å²) < 4.78 is 5.36. The highest BCUT2D eigenvalue weighted by molar-refractivity contribution is 6.31. The molecule has 2 aromatic rings. The van der Waals surface area contributed by atoms with E-state index in [1.807, 2.05) is 20.8 Å². The highest BCUT2D eigenvalue weighted by Gasteiger charge is 2.52. The molecule has 3 amide bonds. The Morgan fingerprint density at radius 3 is 2.58 bits per heavy atom. The van der Waals surface area contributed by atoms with Gasteiger partial charge in [-0.05, 0) is 55.7 Å². The van der Waals surface area contributed by atoms with Gasteiger partial charge in [0, 0.05) is 21.9 Å². The first-order valence-electron chi connectivity index (χ1n) is 12.1.